The molecule has 0 bridgehead atoms. The van der Waals surface area contributed by atoms with Crippen LogP contribution in [0.15, 0.2) is 42.6 Å². The number of benzene rings is 1. The number of aromatic nitrogens is 2. The Bertz CT molecular complexity index is 1200. The number of carbonyl (C=O) groups excluding carboxylic acids is 2. The SMILES string of the molecule is Cc1ccc2cc(C(=O)Nc3ccnc(C(N)=O)c3)c(N3CCCC(F)(F)CC3)nc2c1. The van der Waals surface area contributed by atoms with E-state index in [1.165, 1.54) is 18.3 Å². The van der Waals surface area contributed by atoms with E-state index in [9.17, 15) is 18.4 Å². The molecule has 1 aromatic carbocycles. The highest BCUT2D eigenvalue weighted by Crippen LogP contribution is 2.32. The van der Waals surface area contributed by atoms with Gasteiger partial charge in [0.1, 0.15) is 11.5 Å². The first kappa shape index (κ1) is 21.6. The van der Waals surface area contributed by atoms with Gasteiger partial charge in [0, 0.05) is 43.2 Å². The van der Waals surface area contributed by atoms with E-state index in [0.717, 1.165) is 10.9 Å². The van der Waals surface area contributed by atoms with Gasteiger partial charge in [-0.05, 0) is 43.2 Å². The van der Waals surface area contributed by atoms with Crippen molar-refractivity contribution in [1.82, 2.24) is 9.97 Å². The van der Waals surface area contributed by atoms with Gasteiger partial charge in [0.2, 0.25) is 5.92 Å². The minimum Gasteiger partial charge on any atom is -0.364 e. The molecule has 2 aromatic heterocycles. The molecule has 2 amide bonds. The molecule has 166 valence electrons. The van der Waals surface area contributed by atoms with E-state index < -0.39 is 17.7 Å². The number of hydrogen-bond acceptors (Lipinski definition) is 5. The Balaban J connectivity index is 1.74. The molecule has 7 nitrogen and oxygen atoms in total. The molecule has 1 aliphatic heterocycles. The Labute approximate surface area is 183 Å². The number of carbonyl (C=O) groups is 2. The lowest BCUT2D eigenvalue weighted by atomic mass is 10.1. The number of amides is 2. The normalized spacial score (nSPS) is 15.9. The van der Waals surface area contributed by atoms with Crippen LogP contribution in [0.25, 0.3) is 10.9 Å². The number of rotatable bonds is 4. The Morgan fingerprint density at radius 1 is 1.12 bits per heavy atom. The molecule has 9 heteroatoms. The monoisotopic (exact) mass is 439 g/mol. The molecule has 0 aliphatic carbocycles. The van der Waals surface area contributed by atoms with Crippen molar-refractivity contribution in [3.8, 4) is 0 Å². The van der Waals surface area contributed by atoms with Crippen molar-refractivity contribution in [3.05, 3.63) is 59.4 Å². The van der Waals surface area contributed by atoms with Crippen LogP contribution in [0.5, 0.6) is 0 Å². The first-order chi connectivity index (χ1) is 15.2. The number of hydrogen-bond donors (Lipinski definition) is 2. The number of pyridine rings is 2. The number of primary amides is 1. The van der Waals surface area contributed by atoms with Crippen molar-refractivity contribution in [2.75, 3.05) is 23.3 Å². The van der Waals surface area contributed by atoms with Gasteiger partial charge in [0.05, 0.1) is 11.1 Å². The average Bonchev–Trinajstić information content (AvgIpc) is 2.93. The van der Waals surface area contributed by atoms with Crippen LogP contribution in [0.3, 0.4) is 0 Å². The summed E-state index contributed by atoms with van der Waals surface area (Å²) in [4.78, 5) is 34.9. The van der Waals surface area contributed by atoms with Gasteiger partial charge in [0.15, 0.2) is 0 Å². The fourth-order valence-electron chi connectivity index (χ4n) is 3.79. The Hall–Kier alpha value is -3.62. The third-order valence-corrected chi connectivity index (χ3v) is 5.49. The van der Waals surface area contributed by atoms with Crippen molar-refractivity contribution < 1.29 is 18.4 Å². The van der Waals surface area contributed by atoms with Crippen LogP contribution in [-0.4, -0.2) is 40.8 Å². The number of alkyl halides is 2. The summed E-state index contributed by atoms with van der Waals surface area (Å²) in [5, 5.41) is 3.50. The molecule has 3 heterocycles. The van der Waals surface area contributed by atoms with Gasteiger partial charge >= 0.3 is 0 Å². The van der Waals surface area contributed by atoms with Gasteiger partial charge in [-0.1, -0.05) is 12.1 Å². The first-order valence-electron chi connectivity index (χ1n) is 10.3. The molecule has 0 saturated carbocycles. The third-order valence-electron chi connectivity index (χ3n) is 5.49. The molecule has 0 unspecified atom stereocenters. The Kier molecular flexibility index (Phi) is 5.73. The second-order valence-corrected chi connectivity index (χ2v) is 8.00. The molecule has 4 rings (SSSR count). The largest absolute Gasteiger partial charge is 0.364 e. The molecule has 0 radical (unpaired) electrons. The van der Waals surface area contributed by atoms with Gasteiger partial charge in [0.25, 0.3) is 11.8 Å². The van der Waals surface area contributed by atoms with Crippen LogP contribution in [0.4, 0.5) is 20.3 Å². The van der Waals surface area contributed by atoms with Crippen molar-refractivity contribution in [1.29, 1.82) is 0 Å². The Morgan fingerprint density at radius 3 is 2.72 bits per heavy atom. The number of halogens is 2. The second kappa shape index (κ2) is 8.49. The standard InChI is InChI=1S/C23H23F2N5O2/c1-14-3-4-15-12-17(22(32)28-16-5-8-27-19(13-16)20(26)31)21(29-18(15)11-14)30-9-2-6-23(24,25)7-10-30/h3-5,8,11-13H,2,6-7,9-10H2,1H3,(H2,26,31)(H,27,28,32). The molecular formula is C23H23F2N5O2. The van der Waals surface area contributed by atoms with E-state index in [4.69, 9.17) is 10.7 Å². The summed E-state index contributed by atoms with van der Waals surface area (Å²) < 4.78 is 27.9. The maximum Gasteiger partial charge on any atom is 0.267 e. The lowest BCUT2D eigenvalue weighted by Crippen LogP contribution is -2.29. The summed E-state index contributed by atoms with van der Waals surface area (Å²) in [5.41, 5.74) is 7.59. The molecule has 32 heavy (non-hydrogen) atoms. The van der Waals surface area contributed by atoms with Crippen LogP contribution in [0, 0.1) is 6.92 Å². The van der Waals surface area contributed by atoms with E-state index >= 15 is 0 Å². The zero-order valence-corrected chi connectivity index (χ0v) is 17.6. The number of fused-ring (bicyclic) bond motifs is 1. The van der Waals surface area contributed by atoms with Crippen LogP contribution in [-0.2, 0) is 0 Å². The van der Waals surface area contributed by atoms with Crippen molar-refractivity contribution in [3.63, 3.8) is 0 Å². The quantitative estimate of drug-likeness (QED) is 0.642. The predicted molar refractivity (Wildman–Crippen MR) is 118 cm³/mol. The highest BCUT2D eigenvalue weighted by molar-refractivity contribution is 6.10. The van der Waals surface area contributed by atoms with Crippen molar-refractivity contribution in [2.45, 2.75) is 32.1 Å². The molecular weight excluding hydrogens is 416 g/mol. The molecule has 1 saturated heterocycles. The third kappa shape index (κ3) is 4.66. The highest BCUT2D eigenvalue weighted by Gasteiger charge is 2.33. The van der Waals surface area contributed by atoms with Crippen LogP contribution < -0.4 is 16.0 Å². The number of nitrogens with one attached hydrogen (secondary N) is 1. The second-order valence-electron chi connectivity index (χ2n) is 8.00. The van der Waals surface area contributed by atoms with Gasteiger partial charge in [-0.3, -0.25) is 14.6 Å². The predicted octanol–water partition coefficient (Wildman–Crippen LogP) is 3.92. The number of nitrogens with zero attached hydrogens (tertiary/aromatic N) is 3. The fraction of sp³-hybridized carbons (Fsp3) is 0.304. The average molecular weight is 439 g/mol. The number of anilines is 2. The van der Waals surface area contributed by atoms with Crippen molar-refractivity contribution in [2.24, 2.45) is 5.73 Å². The topological polar surface area (TPSA) is 101 Å². The summed E-state index contributed by atoms with van der Waals surface area (Å²) in [6.07, 6.45) is 1.18. The molecule has 3 aromatic rings. The van der Waals surface area contributed by atoms with E-state index in [-0.39, 0.29) is 30.6 Å². The van der Waals surface area contributed by atoms with E-state index in [1.54, 1.807) is 11.0 Å². The van der Waals surface area contributed by atoms with Gasteiger partial charge < -0.3 is 16.0 Å². The minimum atomic E-state index is -2.73. The van der Waals surface area contributed by atoms with Crippen LogP contribution in [0.1, 0.15) is 45.7 Å². The number of nitrogens with two attached hydrogens (primary N) is 1. The van der Waals surface area contributed by atoms with Crippen molar-refractivity contribution >= 4 is 34.2 Å². The maximum atomic E-state index is 13.9. The zero-order valence-electron chi connectivity index (χ0n) is 17.6. The smallest absolute Gasteiger partial charge is 0.267 e. The van der Waals surface area contributed by atoms with E-state index in [2.05, 4.69) is 10.3 Å². The van der Waals surface area contributed by atoms with Gasteiger partial charge in [-0.15, -0.1) is 0 Å². The van der Waals surface area contributed by atoms with E-state index in [1.807, 2.05) is 25.1 Å². The summed E-state index contributed by atoms with van der Waals surface area (Å²) in [5.74, 6) is -3.54. The summed E-state index contributed by atoms with van der Waals surface area (Å²) >= 11 is 0. The van der Waals surface area contributed by atoms with Gasteiger partial charge in [-0.2, -0.15) is 0 Å². The summed E-state index contributed by atoms with van der Waals surface area (Å²) in [7, 11) is 0. The summed E-state index contributed by atoms with van der Waals surface area (Å²) in [6, 6.07) is 10.3. The molecule has 0 spiro atoms. The van der Waals surface area contributed by atoms with E-state index in [0.29, 0.717) is 30.0 Å². The lowest BCUT2D eigenvalue weighted by molar-refractivity contribution is -0.0102. The zero-order chi connectivity index (χ0) is 22.9. The number of aryl methyl sites for hydroxylation is 1. The molecule has 3 N–H and O–H groups in total. The van der Waals surface area contributed by atoms with Gasteiger partial charge in [-0.25, -0.2) is 13.8 Å². The van der Waals surface area contributed by atoms with Crippen LogP contribution >= 0.6 is 0 Å². The maximum absolute atomic E-state index is 13.9. The molecule has 0 atom stereocenters. The summed E-state index contributed by atoms with van der Waals surface area (Å²) in [6.45, 7) is 2.41. The molecule has 1 fully saturated rings. The highest BCUT2D eigenvalue weighted by atomic mass is 19.3. The first-order valence-corrected chi connectivity index (χ1v) is 10.3. The fourth-order valence-corrected chi connectivity index (χ4v) is 3.79. The van der Waals surface area contributed by atoms with Crippen LogP contribution in [0.2, 0.25) is 0 Å². The lowest BCUT2D eigenvalue weighted by Gasteiger charge is -2.24. The minimum absolute atomic E-state index is 0.0184. The molecule has 1 aliphatic rings. The Morgan fingerprint density at radius 2 is 1.94 bits per heavy atom.